The lowest BCUT2D eigenvalue weighted by molar-refractivity contribution is 0.0487. The van der Waals surface area contributed by atoms with Crippen LogP contribution in [0.2, 0.25) is 0 Å². The van der Waals surface area contributed by atoms with Crippen molar-refractivity contribution in [1.82, 2.24) is 14.9 Å². The van der Waals surface area contributed by atoms with E-state index >= 15 is 0 Å². The van der Waals surface area contributed by atoms with Gasteiger partial charge in [0.25, 0.3) is 5.91 Å². The molecular weight excluding hydrogens is 350 g/mol. The number of ether oxygens (including phenoxy) is 2. The molecule has 1 fully saturated rings. The number of carbonyl (C=O) groups excluding carboxylic acids is 1. The number of methoxy groups -OCH3 is 1. The van der Waals surface area contributed by atoms with Gasteiger partial charge in [-0.3, -0.25) is 4.79 Å². The minimum atomic E-state index is -0.122. The van der Waals surface area contributed by atoms with E-state index < -0.39 is 0 Å². The number of hydrogen-bond donors (Lipinski definition) is 1. The zero-order valence-corrected chi connectivity index (χ0v) is 16.1. The molecule has 26 heavy (non-hydrogen) atoms. The molecule has 3 rings (SSSR count). The van der Waals surface area contributed by atoms with E-state index in [1.165, 1.54) is 17.1 Å². The van der Waals surface area contributed by atoms with Crippen LogP contribution in [-0.2, 0) is 16.6 Å². The van der Waals surface area contributed by atoms with Gasteiger partial charge in [0.2, 0.25) is 0 Å². The van der Waals surface area contributed by atoms with Crippen molar-refractivity contribution in [2.45, 2.75) is 38.0 Å². The Morgan fingerprint density at radius 2 is 2.04 bits per heavy atom. The lowest BCUT2D eigenvalue weighted by Crippen LogP contribution is -2.44. The van der Waals surface area contributed by atoms with Crippen LogP contribution in [0.25, 0.3) is 0 Å². The molecule has 2 heterocycles. The lowest BCUT2D eigenvalue weighted by atomic mass is 9.74. The minimum absolute atomic E-state index is 0.0807. The minimum Gasteiger partial charge on any atom is -0.497 e. The standard InChI is InChI=1S/C19H25N3O3S/c1-3-4-16-17(26-22-21-16)18(23)20-13-19(9-11-25-12-10-19)14-5-7-15(24-2)8-6-14/h5-8H,3-4,9-13H2,1-2H3,(H,20,23). The fourth-order valence-corrected chi connectivity index (χ4v) is 4.01. The molecule has 0 saturated carbocycles. The average Bonchev–Trinajstić information content (AvgIpc) is 3.16. The van der Waals surface area contributed by atoms with Crippen LogP contribution < -0.4 is 10.1 Å². The SMILES string of the molecule is CCCc1nnsc1C(=O)NCC1(c2ccc(OC)cc2)CCOCC1. The number of rotatable bonds is 7. The predicted octanol–water partition coefficient (Wildman–Crippen LogP) is 2.98. The van der Waals surface area contributed by atoms with Gasteiger partial charge in [-0.15, -0.1) is 5.10 Å². The van der Waals surface area contributed by atoms with E-state index in [0.29, 0.717) is 24.6 Å². The summed E-state index contributed by atoms with van der Waals surface area (Å²) in [6.45, 7) is 4.04. The smallest absolute Gasteiger partial charge is 0.264 e. The Labute approximate surface area is 158 Å². The second-order valence-electron chi connectivity index (χ2n) is 6.60. The van der Waals surface area contributed by atoms with Crippen LogP contribution in [0.4, 0.5) is 0 Å². The molecule has 0 atom stereocenters. The van der Waals surface area contributed by atoms with Gasteiger partial charge >= 0.3 is 0 Å². The summed E-state index contributed by atoms with van der Waals surface area (Å²) in [7, 11) is 1.66. The highest BCUT2D eigenvalue weighted by atomic mass is 32.1. The van der Waals surface area contributed by atoms with Crippen molar-refractivity contribution in [2.75, 3.05) is 26.9 Å². The Kier molecular flexibility index (Phi) is 6.21. The zero-order valence-electron chi connectivity index (χ0n) is 15.3. The van der Waals surface area contributed by atoms with Gasteiger partial charge in [0.05, 0.1) is 12.8 Å². The van der Waals surface area contributed by atoms with Gasteiger partial charge in [0.1, 0.15) is 10.6 Å². The Hall–Kier alpha value is -1.99. The Morgan fingerprint density at radius 1 is 1.31 bits per heavy atom. The molecule has 2 aromatic rings. The number of carbonyl (C=O) groups is 1. The quantitative estimate of drug-likeness (QED) is 0.805. The zero-order chi connectivity index (χ0) is 18.4. The molecule has 0 spiro atoms. The molecule has 140 valence electrons. The maximum Gasteiger partial charge on any atom is 0.264 e. The third-order valence-electron chi connectivity index (χ3n) is 4.99. The van der Waals surface area contributed by atoms with Gasteiger partial charge in [0.15, 0.2) is 0 Å². The molecule has 1 amide bonds. The molecule has 0 aliphatic carbocycles. The molecule has 1 saturated heterocycles. The maximum atomic E-state index is 12.7. The first kappa shape index (κ1) is 18.8. The number of benzene rings is 1. The third-order valence-corrected chi connectivity index (χ3v) is 5.76. The fraction of sp³-hybridized carbons (Fsp3) is 0.526. The summed E-state index contributed by atoms with van der Waals surface area (Å²) in [4.78, 5) is 13.3. The molecular formula is C19H25N3O3S. The van der Waals surface area contributed by atoms with E-state index in [-0.39, 0.29) is 11.3 Å². The van der Waals surface area contributed by atoms with Gasteiger partial charge in [-0.25, -0.2) is 0 Å². The van der Waals surface area contributed by atoms with E-state index in [0.717, 1.165) is 37.1 Å². The molecule has 1 aromatic heterocycles. The number of hydrogen-bond acceptors (Lipinski definition) is 6. The molecule has 0 bridgehead atoms. The summed E-state index contributed by atoms with van der Waals surface area (Å²) >= 11 is 1.17. The van der Waals surface area contributed by atoms with Gasteiger partial charge in [0, 0.05) is 25.2 Å². The first-order valence-electron chi connectivity index (χ1n) is 9.00. The lowest BCUT2D eigenvalue weighted by Gasteiger charge is -2.38. The number of aromatic nitrogens is 2. The number of amides is 1. The number of aryl methyl sites for hydroxylation is 1. The average molecular weight is 375 g/mol. The summed E-state index contributed by atoms with van der Waals surface area (Å²) < 4.78 is 14.8. The highest BCUT2D eigenvalue weighted by molar-refractivity contribution is 7.08. The largest absolute Gasteiger partial charge is 0.497 e. The molecule has 6 nitrogen and oxygen atoms in total. The van der Waals surface area contributed by atoms with E-state index in [1.807, 2.05) is 12.1 Å². The van der Waals surface area contributed by atoms with E-state index in [9.17, 15) is 4.79 Å². The van der Waals surface area contributed by atoms with Gasteiger partial charge in [-0.05, 0) is 48.5 Å². The van der Waals surface area contributed by atoms with Gasteiger partial charge < -0.3 is 14.8 Å². The Balaban J connectivity index is 1.76. The van der Waals surface area contributed by atoms with Gasteiger partial charge in [-0.1, -0.05) is 30.0 Å². The first-order valence-corrected chi connectivity index (χ1v) is 9.77. The summed E-state index contributed by atoms with van der Waals surface area (Å²) in [5.41, 5.74) is 1.88. The second-order valence-corrected chi connectivity index (χ2v) is 7.36. The molecule has 1 aliphatic rings. The predicted molar refractivity (Wildman–Crippen MR) is 101 cm³/mol. The molecule has 7 heteroatoms. The van der Waals surface area contributed by atoms with E-state index in [1.54, 1.807) is 7.11 Å². The topological polar surface area (TPSA) is 73.3 Å². The highest BCUT2D eigenvalue weighted by Crippen LogP contribution is 2.35. The van der Waals surface area contributed by atoms with Crippen molar-refractivity contribution in [3.05, 3.63) is 40.4 Å². The summed E-state index contributed by atoms with van der Waals surface area (Å²) in [6.07, 6.45) is 3.47. The highest BCUT2D eigenvalue weighted by Gasteiger charge is 2.35. The molecule has 1 aromatic carbocycles. The maximum absolute atomic E-state index is 12.7. The van der Waals surface area contributed by atoms with Crippen LogP contribution in [-0.4, -0.2) is 42.4 Å². The van der Waals surface area contributed by atoms with Crippen LogP contribution in [0.1, 0.15) is 47.1 Å². The van der Waals surface area contributed by atoms with E-state index in [4.69, 9.17) is 9.47 Å². The second kappa shape index (κ2) is 8.60. The monoisotopic (exact) mass is 375 g/mol. The molecule has 0 radical (unpaired) electrons. The van der Waals surface area contributed by atoms with Crippen LogP contribution in [0, 0.1) is 0 Å². The van der Waals surface area contributed by atoms with Crippen molar-refractivity contribution >= 4 is 17.4 Å². The summed E-state index contributed by atoms with van der Waals surface area (Å²) in [5, 5.41) is 7.22. The molecule has 1 N–H and O–H groups in total. The van der Waals surface area contributed by atoms with Gasteiger partial charge in [-0.2, -0.15) is 0 Å². The molecule has 1 aliphatic heterocycles. The summed E-state index contributed by atoms with van der Waals surface area (Å²) in [6, 6.07) is 8.13. The van der Waals surface area contributed by atoms with Crippen molar-refractivity contribution in [3.63, 3.8) is 0 Å². The van der Waals surface area contributed by atoms with Crippen LogP contribution in [0.5, 0.6) is 5.75 Å². The van der Waals surface area contributed by atoms with Crippen molar-refractivity contribution in [1.29, 1.82) is 0 Å². The Morgan fingerprint density at radius 3 is 2.69 bits per heavy atom. The summed E-state index contributed by atoms with van der Waals surface area (Å²) in [5.74, 6) is 0.753. The molecule has 0 unspecified atom stereocenters. The van der Waals surface area contributed by atoms with Crippen molar-refractivity contribution in [2.24, 2.45) is 0 Å². The number of nitrogens with one attached hydrogen (secondary N) is 1. The Bertz CT molecular complexity index is 724. The fourth-order valence-electron chi connectivity index (χ4n) is 3.39. The van der Waals surface area contributed by atoms with Crippen LogP contribution in [0.3, 0.4) is 0 Å². The van der Waals surface area contributed by atoms with Crippen molar-refractivity contribution in [3.8, 4) is 5.75 Å². The number of nitrogens with zero attached hydrogens (tertiary/aromatic N) is 2. The van der Waals surface area contributed by atoms with Crippen LogP contribution >= 0.6 is 11.5 Å². The van der Waals surface area contributed by atoms with Crippen molar-refractivity contribution < 1.29 is 14.3 Å². The normalized spacial score (nSPS) is 16.2. The van der Waals surface area contributed by atoms with E-state index in [2.05, 4.69) is 34.0 Å². The first-order chi connectivity index (χ1) is 12.7. The van der Waals surface area contributed by atoms with Crippen LogP contribution in [0.15, 0.2) is 24.3 Å². The third kappa shape index (κ3) is 4.04.